The van der Waals surface area contributed by atoms with Crippen LogP contribution < -0.4 is 0 Å². The van der Waals surface area contributed by atoms with Gasteiger partial charge in [-0.25, -0.2) is 0 Å². The van der Waals surface area contributed by atoms with Crippen LogP contribution in [0.5, 0.6) is 0 Å². The van der Waals surface area contributed by atoms with Crippen LogP contribution in [-0.2, 0) is 9.53 Å². The molecular formula is C14H20N2O3. The van der Waals surface area contributed by atoms with Gasteiger partial charge in [-0.1, -0.05) is 0 Å². The predicted octanol–water partition coefficient (Wildman–Crippen LogP) is 1.74. The molecule has 1 aliphatic heterocycles. The Balaban J connectivity index is 1.92. The number of rotatable bonds is 3. The van der Waals surface area contributed by atoms with Crippen molar-refractivity contribution in [3.63, 3.8) is 0 Å². The van der Waals surface area contributed by atoms with Crippen LogP contribution in [0.25, 0.3) is 0 Å². The van der Waals surface area contributed by atoms with Gasteiger partial charge in [0.1, 0.15) is 0 Å². The highest BCUT2D eigenvalue weighted by Gasteiger charge is 2.29. The first-order chi connectivity index (χ1) is 9.13. The van der Waals surface area contributed by atoms with Crippen molar-refractivity contribution in [3.8, 4) is 0 Å². The summed E-state index contributed by atoms with van der Waals surface area (Å²) in [6.07, 6.45) is 3.15. The average molecular weight is 264 g/mol. The fraction of sp³-hybridized carbons (Fsp3) is 0.571. The number of H-pyrrole nitrogens is 1. The van der Waals surface area contributed by atoms with E-state index in [1.165, 1.54) is 0 Å². The summed E-state index contributed by atoms with van der Waals surface area (Å²) in [5, 5.41) is 0. The Labute approximate surface area is 112 Å². The van der Waals surface area contributed by atoms with Crippen molar-refractivity contribution in [2.45, 2.75) is 26.7 Å². The number of nitrogens with zero attached hydrogens (tertiary/aromatic N) is 1. The number of piperidine rings is 1. The number of esters is 1. The molecule has 0 saturated carbocycles. The van der Waals surface area contributed by atoms with Crippen LogP contribution in [0.15, 0.2) is 12.3 Å². The Hall–Kier alpha value is -1.78. The van der Waals surface area contributed by atoms with E-state index in [1.54, 1.807) is 12.3 Å². The third-order valence-corrected chi connectivity index (χ3v) is 3.59. The average Bonchev–Trinajstić information content (AvgIpc) is 2.84. The number of carbonyl (C=O) groups is 2. The fourth-order valence-electron chi connectivity index (χ4n) is 2.43. The molecule has 1 aromatic heterocycles. The Morgan fingerprint density at radius 2 is 2.11 bits per heavy atom. The largest absolute Gasteiger partial charge is 0.466 e. The standard InChI is InChI=1S/C14H20N2O3/c1-3-19-14(18)11-5-8-16(9-6-11)13(17)12-4-7-15-10(12)2/h4,7,11,15H,3,5-6,8-9H2,1-2H3. The molecule has 1 saturated heterocycles. The SMILES string of the molecule is CCOC(=O)C1CCN(C(=O)c2cc[nH]c2C)CC1. The maximum Gasteiger partial charge on any atom is 0.309 e. The van der Waals surface area contributed by atoms with Crippen molar-refractivity contribution < 1.29 is 14.3 Å². The molecule has 5 heteroatoms. The second-order valence-corrected chi connectivity index (χ2v) is 4.83. The maximum atomic E-state index is 12.3. The lowest BCUT2D eigenvalue weighted by Crippen LogP contribution is -2.40. The van der Waals surface area contributed by atoms with Gasteiger partial charge < -0.3 is 14.6 Å². The minimum absolute atomic E-state index is 0.0426. The van der Waals surface area contributed by atoms with Gasteiger partial charge in [0.15, 0.2) is 0 Å². The molecule has 0 aromatic carbocycles. The number of amides is 1. The molecule has 0 unspecified atom stereocenters. The van der Waals surface area contributed by atoms with Crippen LogP contribution in [0, 0.1) is 12.8 Å². The van der Waals surface area contributed by atoms with E-state index in [2.05, 4.69) is 4.98 Å². The Morgan fingerprint density at radius 3 is 2.63 bits per heavy atom. The quantitative estimate of drug-likeness (QED) is 0.846. The molecule has 19 heavy (non-hydrogen) atoms. The van der Waals surface area contributed by atoms with E-state index >= 15 is 0 Å². The lowest BCUT2D eigenvalue weighted by molar-refractivity contribution is -0.149. The number of aryl methyl sites for hydroxylation is 1. The molecule has 1 aromatic rings. The van der Waals surface area contributed by atoms with Crippen LogP contribution in [-0.4, -0.2) is 41.5 Å². The number of hydrogen-bond donors (Lipinski definition) is 1. The first-order valence-corrected chi connectivity index (χ1v) is 6.73. The summed E-state index contributed by atoms with van der Waals surface area (Å²) < 4.78 is 5.02. The third-order valence-electron chi connectivity index (χ3n) is 3.59. The zero-order valence-electron chi connectivity index (χ0n) is 11.4. The number of likely N-dealkylation sites (tertiary alicyclic amines) is 1. The summed E-state index contributed by atoms with van der Waals surface area (Å²) in [7, 11) is 0. The number of nitrogens with one attached hydrogen (secondary N) is 1. The van der Waals surface area contributed by atoms with Crippen molar-refractivity contribution in [2.24, 2.45) is 5.92 Å². The van der Waals surface area contributed by atoms with Crippen LogP contribution in [0.1, 0.15) is 35.8 Å². The van der Waals surface area contributed by atoms with Gasteiger partial charge in [-0.05, 0) is 32.8 Å². The van der Waals surface area contributed by atoms with E-state index in [9.17, 15) is 9.59 Å². The summed E-state index contributed by atoms with van der Waals surface area (Å²) in [4.78, 5) is 28.7. The first kappa shape index (κ1) is 13.6. The normalized spacial score (nSPS) is 16.4. The van der Waals surface area contributed by atoms with Gasteiger partial charge in [0.25, 0.3) is 5.91 Å². The Kier molecular flexibility index (Phi) is 4.24. The van der Waals surface area contributed by atoms with Gasteiger partial charge in [-0.3, -0.25) is 9.59 Å². The summed E-state index contributed by atoms with van der Waals surface area (Å²) in [6, 6.07) is 1.80. The van der Waals surface area contributed by atoms with E-state index in [0.717, 1.165) is 11.3 Å². The molecule has 2 rings (SSSR count). The minimum Gasteiger partial charge on any atom is -0.466 e. The van der Waals surface area contributed by atoms with Gasteiger partial charge in [0, 0.05) is 25.0 Å². The number of aromatic amines is 1. The summed E-state index contributed by atoms with van der Waals surface area (Å²) in [6.45, 7) is 5.35. The molecule has 1 fully saturated rings. The molecule has 0 atom stereocenters. The molecule has 5 nitrogen and oxygen atoms in total. The van der Waals surface area contributed by atoms with Crippen LogP contribution in [0.4, 0.5) is 0 Å². The monoisotopic (exact) mass is 264 g/mol. The second kappa shape index (κ2) is 5.91. The lowest BCUT2D eigenvalue weighted by atomic mass is 9.96. The smallest absolute Gasteiger partial charge is 0.309 e. The topological polar surface area (TPSA) is 62.4 Å². The highest BCUT2D eigenvalue weighted by Crippen LogP contribution is 2.21. The fourth-order valence-corrected chi connectivity index (χ4v) is 2.43. The van der Waals surface area contributed by atoms with Crippen molar-refractivity contribution in [3.05, 3.63) is 23.5 Å². The van der Waals surface area contributed by atoms with E-state index in [0.29, 0.717) is 32.5 Å². The summed E-state index contributed by atoms with van der Waals surface area (Å²) >= 11 is 0. The zero-order chi connectivity index (χ0) is 13.8. The molecule has 1 N–H and O–H groups in total. The highest BCUT2D eigenvalue weighted by atomic mass is 16.5. The number of carbonyl (C=O) groups excluding carboxylic acids is 2. The molecule has 2 heterocycles. The molecule has 0 radical (unpaired) electrons. The van der Waals surface area contributed by atoms with Crippen LogP contribution >= 0.6 is 0 Å². The van der Waals surface area contributed by atoms with Gasteiger partial charge in [0.2, 0.25) is 0 Å². The van der Waals surface area contributed by atoms with E-state index in [4.69, 9.17) is 4.74 Å². The van der Waals surface area contributed by atoms with Crippen molar-refractivity contribution in [2.75, 3.05) is 19.7 Å². The minimum atomic E-state index is -0.132. The van der Waals surface area contributed by atoms with Crippen molar-refractivity contribution >= 4 is 11.9 Å². The zero-order valence-corrected chi connectivity index (χ0v) is 11.4. The van der Waals surface area contributed by atoms with Crippen molar-refractivity contribution in [1.82, 2.24) is 9.88 Å². The molecule has 0 bridgehead atoms. The molecule has 0 aliphatic carbocycles. The molecule has 1 aliphatic rings. The van der Waals surface area contributed by atoms with Gasteiger partial charge in [-0.15, -0.1) is 0 Å². The van der Waals surface area contributed by atoms with Gasteiger partial charge in [-0.2, -0.15) is 0 Å². The second-order valence-electron chi connectivity index (χ2n) is 4.83. The highest BCUT2D eigenvalue weighted by molar-refractivity contribution is 5.95. The van der Waals surface area contributed by atoms with Crippen molar-refractivity contribution in [1.29, 1.82) is 0 Å². The Morgan fingerprint density at radius 1 is 1.42 bits per heavy atom. The first-order valence-electron chi connectivity index (χ1n) is 6.73. The molecule has 104 valence electrons. The van der Waals surface area contributed by atoms with E-state index < -0.39 is 0 Å². The molecule has 1 amide bonds. The number of ether oxygens (including phenoxy) is 1. The third kappa shape index (κ3) is 2.97. The van der Waals surface area contributed by atoms with Gasteiger partial charge in [0.05, 0.1) is 18.1 Å². The van der Waals surface area contributed by atoms with Crippen LogP contribution in [0.3, 0.4) is 0 Å². The van der Waals surface area contributed by atoms with E-state index in [-0.39, 0.29) is 17.8 Å². The van der Waals surface area contributed by atoms with Gasteiger partial charge >= 0.3 is 5.97 Å². The number of hydrogen-bond acceptors (Lipinski definition) is 3. The number of aromatic nitrogens is 1. The summed E-state index contributed by atoms with van der Waals surface area (Å²) in [5.74, 6) is -0.148. The molecular weight excluding hydrogens is 244 g/mol. The van der Waals surface area contributed by atoms with Crippen LogP contribution in [0.2, 0.25) is 0 Å². The predicted molar refractivity (Wildman–Crippen MR) is 70.8 cm³/mol. The lowest BCUT2D eigenvalue weighted by Gasteiger charge is -2.30. The summed E-state index contributed by atoms with van der Waals surface area (Å²) in [5.41, 5.74) is 1.60. The Bertz CT molecular complexity index is 459. The molecule has 0 spiro atoms. The van der Waals surface area contributed by atoms with E-state index in [1.807, 2.05) is 18.7 Å². The maximum absolute atomic E-state index is 12.3.